The Morgan fingerprint density at radius 3 is 2.40 bits per heavy atom. The van der Waals surface area contributed by atoms with Crippen molar-refractivity contribution in [3.8, 4) is 0 Å². The first-order chi connectivity index (χ1) is 6.91. The Kier molecular flexibility index (Phi) is 4.60. The van der Waals surface area contributed by atoms with Crippen molar-refractivity contribution in [2.75, 3.05) is 13.1 Å². The van der Waals surface area contributed by atoms with Crippen molar-refractivity contribution in [2.45, 2.75) is 53.0 Å². The molecule has 0 heterocycles. The summed E-state index contributed by atoms with van der Waals surface area (Å²) in [5, 5.41) is 3.53. The first-order valence-corrected chi connectivity index (χ1v) is 6.37. The van der Waals surface area contributed by atoms with E-state index in [1.807, 2.05) is 0 Å². The molecule has 0 aromatic rings. The largest absolute Gasteiger partial charge is 0.327 e. The fraction of sp³-hybridized carbons (Fsp3) is 1.00. The van der Waals surface area contributed by atoms with E-state index in [-0.39, 0.29) is 0 Å². The van der Waals surface area contributed by atoms with Gasteiger partial charge in [-0.25, -0.2) is 0 Å². The Balaban J connectivity index is 2.00. The summed E-state index contributed by atoms with van der Waals surface area (Å²) < 4.78 is 0. The van der Waals surface area contributed by atoms with E-state index in [9.17, 15) is 0 Å². The van der Waals surface area contributed by atoms with Gasteiger partial charge in [0.05, 0.1) is 0 Å². The Labute approximate surface area is 95.0 Å². The number of rotatable bonds is 6. The lowest BCUT2D eigenvalue weighted by Gasteiger charge is -2.27. The molecule has 3 N–H and O–H groups in total. The van der Waals surface area contributed by atoms with E-state index in [1.165, 1.54) is 12.8 Å². The highest BCUT2D eigenvalue weighted by molar-refractivity contribution is 4.84. The molecule has 1 rings (SSSR count). The van der Waals surface area contributed by atoms with Crippen LogP contribution in [0.15, 0.2) is 0 Å². The second-order valence-electron chi connectivity index (χ2n) is 6.26. The molecule has 0 aromatic carbocycles. The monoisotopic (exact) mass is 212 g/mol. The van der Waals surface area contributed by atoms with Crippen LogP contribution in [0.2, 0.25) is 0 Å². The molecule has 2 heteroatoms. The smallest absolute Gasteiger partial charge is 0.00792 e. The summed E-state index contributed by atoms with van der Waals surface area (Å²) in [6.07, 6.45) is 3.86. The molecular weight excluding hydrogens is 184 g/mol. The summed E-state index contributed by atoms with van der Waals surface area (Å²) >= 11 is 0. The molecule has 2 unspecified atom stereocenters. The van der Waals surface area contributed by atoms with Gasteiger partial charge in [-0.3, -0.25) is 0 Å². The van der Waals surface area contributed by atoms with Gasteiger partial charge in [0.25, 0.3) is 0 Å². The fourth-order valence-electron chi connectivity index (χ4n) is 1.65. The van der Waals surface area contributed by atoms with E-state index in [1.54, 1.807) is 0 Å². The van der Waals surface area contributed by atoms with E-state index < -0.39 is 0 Å². The van der Waals surface area contributed by atoms with Crippen LogP contribution in [0.5, 0.6) is 0 Å². The van der Waals surface area contributed by atoms with Crippen LogP contribution >= 0.6 is 0 Å². The zero-order valence-electron chi connectivity index (χ0n) is 10.8. The number of nitrogens with two attached hydrogens (primary N) is 1. The van der Waals surface area contributed by atoms with E-state index in [2.05, 4.69) is 33.0 Å². The first kappa shape index (κ1) is 13.0. The quantitative estimate of drug-likeness (QED) is 0.663. The molecule has 2 nitrogen and oxygen atoms in total. The van der Waals surface area contributed by atoms with Crippen molar-refractivity contribution in [1.82, 2.24) is 5.32 Å². The number of nitrogens with one attached hydrogen (secondary N) is 1. The fourth-order valence-corrected chi connectivity index (χ4v) is 1.65. The van der Waals surface area contributed by atoms with E-state index in [0.717, 1.165) is 31.3 Å². The summed E-state index contributed by atoms with van der Waals surface area (Å²) in [4.78, 5) is 0. The third kappa shape index (κ3) is 4.98. The van der Waals surface area contributed by atoms with Gasteiger partial charge >= 0.3 is 0 Å². The second-order valence-corrected chi connectivity index (χ2v) is 6.26. The minimum absolute atomic E-state index is 0.408. The third-order valence-electron chi connectivity index (χ3n) is 3.81. The second kappa shape index (κ2) is 5.31. The van der Waals surface area contributed by atoms with Crippen LogP contribution in [0.25, 0.3) is 0 Å². The van der Waals surface area contributed by atoms with Crippen molar-refractivity contribution < 1.29 is 0 Å². The van der Waals surface area contributed by atoms with Crippen LogP contribution in [0.4, 0.5) is 0 Å². The predicted molar refractivity (Wildman–Crippen MR) is 66.8 cm³/mol. The van der Waals surface area contributed by atoms with E-state index in [0.29, 0.717) is 11.5 Å². The van der Waals surface area contributed by atoms with Gasteiger partial charge in [-0.05, 0) is 49.6 Å². The molecular formula is C13H28N2. The minimum atomic E-state index is 0.408. The molecule has 0 aliphatic heterocycles. The van der Waals surface area contributed by atoms with Crippen LogP contribution in [-0.4, -0.2) is 19.1 Å². The van der Waals surface area contributed by atoms with Crippen LogP contribution < -0.4 is 11.1 Å². The molecule has 1 aliphatic rings. The predicted octanol–water partition coefficient (Wildman–Crippen LogP) is 2.39. The van der Waals surface area contributed by atoms with Crippen molar-refractivity contribution in [3.05, 3.63) is 0 Å². The average molecular weight is 212 g/mol. The van der Waals surface area contributed by atoms with Gasteiger partial charge in [0.1, 0.15) is 0 Å². The molecule has 1 fully saturated rings. The van der Waals surface area contributed by atoms with E-state index in [4.69, 9.17) is 5.73 Å². The van der Waals surface area contributed by atoms with Gasteiger partial charge in [0.15, 0.2) is 0 Å². The summed E-state index contributed by atoms with van der Waals surface area (Å²) in [5.74, 6) is 1.56. The maximum atomic E-state index is 6.04. The zero-order valence-corrected chi connectivity index (χ0v) is 10.8. The molecule has 0 spiro atoms. The Morgan fingerprint density at radius 1 is 1.33 bits per heavy atom. The molecule has 1 saturated carbocycles. The standard InChI is InChI=1S/C13H28N2/c1-10(13(2,3)4)9-15-8-7-12(14)11-5-6-11/h10-12,15H,5-9,14H2,1-4H3. The van der Waals surface area contributed by atoms with Crippen molar-refractivity contribution in [2.24, 2.45) is 23.0 Å². The molecule has 90 valence electrons. The Morgan fingerprint density at radius 2 is 1.93 bits per heavy atom. The van der Waals surface area contributed by atoms with Crippen molar-refractivity contribution >= 4 is 0 Å². The van der Waals surface area contributed by atoms with Crippen LogP contribution in [0.1, 0.15) is 47.0 Å². The van der Waals surface area contributed by atoms with Crippen molar-refractivity contribution in [1.29, 1.82) is 0 Å². The first-order valence-electron chi connectivity index (χ1n) is 6.37. The highest BCUT2D eigenvalue weighted by atomic mass is 14.9. The molecule has 0 amide bonds. The lowest BCUT2D eigenvalue weighted by atomic mass is 9.82. The molecule has 0 radical (unpaired) electrons. The molecule has 2 atom stereocenters. The molecule has 1 aliphatic carbocycles. The van der Waals surface area contributed by atoms with Gasteiger partial charge in [-0.1, -0.05) is 27.7 Å². The normalized spacial score (nSPS) is 21.4. The SMILES string of the molecule is CC(CNCCC(N)C1CC1)C(C)(C)C. The van der Waals surface area contributed by atoms with Gasteiger partial charge in [-0.15, -0.1) is 0 Å². The van der Waals surface area contributed by atoms with Crippen LogP contribution in [0, 0.1) is 17.3 Å². The van der Waals surface area contributed by atoms with Gasteiger partial charge in [-0.2, -0.15) is 0 Å². The summed E-state index contributed by atoms with van der Waals surface area (Å²) in [5.41, 5.74) is 6.45. The number of hydrogen-bond donors (Lipinski definition) is 2. The van der Waals surface area contributed by atoms with Crippen LogP contribution in [0.3, 0.4) is 0 Å². The minimum Gasteiger partial charge on any atom is -0.327 e. The van der Waals surface area contributed by atoms with E-state index >= 15 is 0 Å². The molecule has 0 bridgehead atoms. The highest BCUT2D eigenvalue weighted by Crippen LogP contribution is 2.32. The Hall–Kier alpha value is -0.0800. The summed E-state index contributed by atoms with van der Waals surface area (Å²) in [7, 11) is 0. The zero-order chi connectivity index (χ0) is 11.5. The molecule has 15 heavy (non-hydrogen) atoms. The van der Waals surface area contributed by atoms with Crippen molar-refractivity contribution in [3.63, 3.8) is 0 Å². The Bertz CT molecular complexity index is 179. The average Bonchev–Trinajstić information content (AvgIpc) is 2.92. The van der Waals surface area contributed by atoms with Gasteiger partial charge in [0.2, 0.25) is 0 Å². The number of hydrogen-bond acceptors (Lipinski definition) is 2. The molecule has 0 aromatic heterocycles. The van der Waals surface area contributed by atoms with Gasteiger partial charge < -0.3 is 11.1 Å². The van der Waals surface area contributed by atoms with Gasteiger partial charge in [0, 0.05) is 6.04 Å². The third-order valence-corrected chi connectivity index (χ3v) is 3.81. The maximum absolute atomic E-state index is 6.04. The molecule has 0 saturated heterocycles. The topological polar surface area (TPSA) is 38.0 Å². The van der Waals surface area contributed by atoms with Crippen LogP contribution in [-0.2, 0) is 0 Å². The summed E-state index contributed by atoms with van der Waals surface area (Å²) in [6, 6.07) is 0.447. The lowest BCUT2D eigenvalue weighted by molar-refractivity contribution is 0.252. The maximum Gasteiger partial charge on any atom is 0.00792 e. The summed E-state index contributed by atoms with van der Waals surface area (Å²) in [6.45, 7) is 11.4. The lowest BCUT2D eigenvalue weighted by Crippen LogP contribution is -2.33. The highest BCUT2D eigenvalue weighted by Gasteiger charge is 2.27.